The van der Waals surface area contributed by atoms with Gasteiger partial charge in [-0.1, -0.05) is 18.2 Å². The Labute approximate surface area is 108 Å². The first-order chi connectivity index (χ1) is 8.61. The Kier molecular flexibility index (Phi) is 6.12. The summed E-state index contributed by atoms with van der Waals surface area (Å²) < 4.78 is 15.8. The number of para-hydroxylation sites is 1. The molecule has 18 heavy (non-hydrogen) atoms. The zero-order valence-electron chi connectivity index (χ0n) is 11.3. The van der Waals surface area contributed by atoms with Gasteiger partial charge in [-0.2, -0.15) is 0 Å². The maximum atomic E-state index is 10.4. The van der Waals surface area contributed by atoms with E-state index in [9.17, 15) is 5.11 Å². The number of methoxy groups -OCH3 is 1. The van der Waals surface area contributed by atoms with Gasteiger partial charge in [-0.25, -0.2) is 0 Å². The summed E-state index contributed by atoms with van der Waals surface area (Å²) in [5, 5.41) is 10.4. The van der Waals surface area contributed by atoms with Crippen molar-refractivity contribution in [3.8, 4) is 5.75 Å². The molecule has 4 nitrogen and oxygen atoms in total. The fourth-order valence-electron chi connectivity index (χ4n) is 1.65. The average molecular weight is 254 g/mol. The van der Waals surface area contributed by atoms with Crippen LogP contribution in [0.1, 0.15) is 19.4 Å². The molecule has 1 unspecified atom stereocenters. The molecule has 0 saturated heterocycles. The summed E-state index contributed by atoms with van der Waals surface area (Å²) in [5.41, 5.74) is -0.325. The minimum Gasteiger partial charge on any atom is -0.491 e. The molecule has 0 aliphatic carbocycles. The third-order valence-electron chi connectivity index (χ3n) is 2.60. The number of hydrogen-bond acceptors (Lipinski definition) is 4. The van der Waals surface area contributed by atoms with Gasteiger partial charge in [0, 0.05) is 19.3 Å². The second-order valence-electron chi connectivity index (χ2n) is 4.25. The molecule has 1 N–H and O–H groups in total. The summed E-state index contributed by atoms with van der Waals surface area (Å²) >= 11 is 0. The van der Waals surface area contributed by atoms with Crippen molar-refractivity contribution >= 4 is 0 Å². The maximum absolute atomic E-state index is 10.4. The van der Waals surface area contributed by atoms with Crippen LogP contribution in [0.4, 0.5) is 0 Å². The largest absolute Gasteiger partial charge is 0.491 e. The van der Waals surface area contributed by atoms with E-state index in [0.29, 0.717) is 25.6 Å². The smallest absolute Gasteiger partial charge is 0.125 e. The van der Waals surface area contributed by atoms with Gasteiger partial charge in [-0.15, -0.1) is 0 Å². The second-order valence-corrected chi connectivity index (χ2v) is 4.25. The van der Waals surface area contributed by atoms with Gasteiger partial charge < -0.3 is 19.3 Å². The first-order valence-corrected chi connectivity index (χ1v) is 6.13. The first kappa shape index (κ1) is 15.0. The van der Waals surface area contributed by atoms with Gasteiger partial charge in [0.25, 0.3) is 0 Å². The van der Waals surface area contributed by atoms with Crippen molar-refractivity contribution in [2.75, 3.05) is 33.5 Å². The lowest BCUT2D eigenvalue weighted by Gasteiger charge is -2.25. The van der Waals surface area contributed by atoms with Crippen LogP contribution in [0.2, 0.25) is 0 Å². The van der Waals surface area contributed by atoms with Gasteiger partial charge in [-0.05, 0) is 19.9 Å². The molecule has 0 aromatic heterocycles. The van der Waals surface area contributed by atoms with Gasteiger partial charge in [0.2, 0.25) is 0 Å². The number of aliphatic hydroxyl groups is 1. The van der Waals surface area contributed by atoms with Crippen LogP contribution in [0.3, 0.4) is 0 Å². The Balaban J connectivity index is 2.79. The lowest BCUT2D eigenvalue weighted by atomic mass is 9.96. The predicted molar refractivity (Wildman–Crippen MR) is 69.9 cm³/mol. The van der Waals surface area contributed by atoms with E-state index < -0.39 is 5.60 Å². The molecule has 0 heterocycles. The molecule has 4 heteroatoms. The average Bonchev–Trinajstić information content (AvgIpc) is 2.37. The summed E-state index contributed by atoms with van der Waals surface area (Å²) in [6.07, 6.45) is 0. The maximum Gasteiger partial charge on any atom is 0.125 e. The quantitative estimate of drug-likeness (QED) is 0.720. The summed E-state index contributed by atoms with van der Waals surface area (Å²) in [7, 11) is 1.63. The van der Waals surface area contributed by atoms with Crippen LogP contribution in [0, 0.1) is 0 Å². The van der Waals surface area contributed by atoms with E-state index in [-0.39, 0.29) is 6.61 Å². The lowest BCUT2D eigenvalue weighted by Crippen LogP contribution is -2.28. The van der Waals surface area contributed by atoms with E-state index in [4.69, 9.17) is 14.2 Å². The molecule has 0 bridgehead atoms. The molecular weight excluding hydrogens is 232 g/mol. The fraction of sp³-hybridized carbons (Fsp3) is 0.571. The van der Waals surface area contributed by atoms with Crippen LogP contribution < -0.4 is 4.74 Å². The predicted octanol–water partition coefficient (Wildman–Crippen LogP) is 1.96. The summed E-state index contributed by atoms with van der Waals surface area (Å²) in [5.74, 6) is 0.666. The standard InChI is InChI=1S/C14H22O4/c1-4-17-11-14(2,15)12-7-5-6-8-13(12)18-10-9-16-3/h5-8,15H,4,9-11H2,1-3H3. The third kappa shape index (κ3) is 4.29. The molecule has 1 rings (SSSR count). The highest BCUT2D eigenvalue weighted by Gasteiger charge is 2.26. The third-order valence-corrected chi connectivity index (χ3v) is 2.60. The van der Waals surface area contributed by atoms with Crippen molar-refractivity contribution in [3.63, 3.8) is 0 Å². The number of rotatable bonds is 8. The molecule has 1 atom stereocenters. The zero-order valence-corrected chi connectivity index (χ0v) is 11.3. The molecule has 0 aliphatic rings. The number of ether oxygens (including phenoxy) is 3. The van der Waals surface area contributed by atoms with E-state index in [0.717, 1.165) is 5.56 Å². The van der Waals surface area contributed by atoms with Gasteiger partial charge in [0.15, 0.2) is 0 Å². The van der Waals surface area contributed by atoms with Crippen molar-refractivity contribution in [2.24, 2.45) is 0 Å². The normalized spacial score (nSPS) is 14.2. The Morgan fingerprint density at radius 3 is 2.61 bits per heavy atom. The number of hydrogen-bond donors (Lipinski definition) is 1. The van der Waals surface area contributed by atoms with Crippen LogP contribution in [0.5, 0.6) is 5.75 Å². The minimum absolute atomic E-state index is 0.244. The molecule has 0 fully saturated rings. The SMILES string of the molecule is CCOCC(C)(O)c1ccccc1OCCOC. The van der Waals surface area contributed by atoms with Gasteiger partial charge in [0.05, 0.1) is 13.2 Å². The lowest BCUT2D eigenvalue weighted by molar-refractivity contribution is -0.0360. The molecule has 0 amide bonds. The molecule has 0 aliphatic heterocycles. The summed E-state index contributed by atoms with van der Waals surface area (Å²) in [4.78, 5) is 0. The highest BCUT2D eigenvalue weighted by molar-refractivity contribution is 5.37. The fourth-order valence-corrected chi connectivity index (χ4v) is 1.65. The molecular formula is C14H22O4. The van der Waals surface area contributed by atoms with Crippen LogP contribution in [0.15, 0.2) is 24.3 Å². The van der Waals surface area contributed by atoms with E-state index in [1.54, 1.807) is 14.0 Å². The van der Waals surface area contributed by atoms with Crippen LogP contribution >= 0.6 is 0 Å². The molecule has 0 saturated carbocycles. The van der Waals surface area contributed by atoms with Crippen LogP contribution in [-0.2, 0) is 15.1 Å². The van der Waals surface area contributed by atoms with Gasteiger partial charge in [-0.3, -0.25) is 0 Å². The molecule has 102 valence electrons. The minimum atomic E-state index is -1.06. The van der Waals surface area contributed by atoms with E-state index in [2.05, 4.69) is 0 Å². The Morgan fingerprint density at radius 2 is 1.94 bits per heavy atom. The van der Waals surface area contributed by atoms with Gasteiger partial charge >= 0.3 is 0 Å². The van der Waals surface area contributed by atoms with Crippen LogP contribution in [0.25, 0.3) is 0 Å². The highest BCUT2D eigenvalue weighted by Crippen LogP contribution is 2.30. The van der Waals surface area contributed by atoms with Crippen LogP contribution in [-0.4, -0.2) is 38.6 Å². The topological polar surface area (TPSA) is 47.9 Å². The van der Waals surface area contributed by atoms with Crippen molar-refractivity contribution in [1.82, 2.24) is 0 Å². The van der Waals surface area contributed by atoms with Crippen molar-refractivity contribution in [3.05, 3.63) is 29.8 Å². The van der Waals surface area contributed by atoms with Crippen molar-refractivity contribution in [2.45, 2.75) is 19.4 Å². The first-order valence-electron chi connectivity index (χ1n) is 6.13. The Hall–Kier alpha value is -1.10. The van der Waals surface area contributed by atoms with E-state index in [1.165, 1.54) is 0 Å². The van der Waals surface area contributed by atoms with E-state index >= 15 is 0 Å². The van der Waals surface area contributed by atoms with Crippen molar-refractivity contribution < 1.29 is 19.3 Å². The van der Waals surface area contributed by atoms with Gasteiger partial charge in [0.1, 0.15) is 18.0 Å². The van der Waals surface area contributed by atoms with E-state index in [1.807, 2.05) is 31.2 Å². The summed E-state index contributed by atoms with van der Waals surface area (Å²) in [6, 6.07) is 7.44. The zero-order chi connectivity index (χ0) is 13.4. The summed E-state index contributed by atoms with van der Waals surface area (Å²) in [6.45, 7) is 5.41. The molecule has 0 radical (unpaired) electrons. The Bertz CT molecular complexity index is 349. The number of benzene rings is 1. The molecule has 1 aromatic carbocycles. The molecule has 1 aromatic rings. The second kappa shape index (κ2) is 7.36. The van der Waals surface area contributed by atoms with Crippen molar-refractivity contribution in [1.29, 1.82) is 0 Å². The Morgan fingerprint density at radius 1 is 1.22 bits per heavy atom. The monoisotopic (exact) mass is 254 g/mol. The molecule has 0 spiro atoms. The highest BCUT2D eigenvalue weighted by atomic mass is 16.5.